The number of benzene rings is 2. The molecule has 10 atom stereocenters. The average molecular weight is 593 g/mol. The molecule has 2 fully saturated rings. The molecular weight excluding hydrogens is 560 g/mol. The first-order valence-corrected chi connectivity index (χ1v) is 13.1. The fourth-order valence-corrected chi connectivity index (χ4v) is 4.93. The van der Waals surface area contributed by atoms with Crippen LogP contribution in [0.4, 0.5) is 0 Å². The molecule has 2 aromatic carbocycles. The minimum Gasteiger partial charge on any atom is -0.497 e. The molecule has 0 aliphatic carbocycles. The van der Waals surface area contributed by atoms with Crippen molar-refractivity contribution in [2.45, 2.75) is 61.4 Å². The van der Waals surface area contributed by atoms with Gasteiger partial charge in [-0.25, -0.2) is 0 Å². The van der Waals surface area contributed by atoms with Crippen LogP contribution in [-0.4, -0.2) is 117 Å². The summed E-state index contributed by atoms with van der Waals surface area (Å²) in [4.78, 5) is 13.2. The minimum absolute atomic E-state index is 0.103. The highest BCUT2D eigenvalue weighted by Gasteiger charge is 2.51. The van der Waals surface area contributed by atoms with Crippen LogP contribution in [0, 0.1) is 0 Å². The Balaban J connectivity index is 1.36. The number of aliphatic hydroxyl groups is 7. The van der Waals surface area contributed by atoms with E-state index in [2.05, 4.69) is 0 Å². The second-order valence-electron chi connectivity index (χ2n) is 9.99. The van der Waals surface area contributed by atoms with Crippen LogP contribution in [0.3, 0.4) is 0 Å². The van der Waals surface area contributed by atoms with Crippen molar-refractivity contribution in [3.05, 3.63) is 59.0 Å². The monoisotopic (exact) mass is 592 g/mol. The quantitative estimate of drug-likeness (QED) is 0.158. The number of fused-ring (bicyclic) bond motifs is 1. The molecule has 228 valence electrons. The molecule has 0 spiro atoms. The maximum atomic E-state index is 13.2. The van der Waals surface area contributed by atoms with Gasteiger partial charge in [0.15, 0.2) is 11.7 Å². The van der Waals surface area contributed by atoms with Crippen molar-refractivity contribution < 1.29 is 63.8 Å². The first-order valence-electron chi connectivity index (χ1n) is 13.1. The van der Waals surface area contributed by atoms with Gasteiger partial charge in [-0.2, -0.15) is 0 Å². The Hall–Kier alpha value is -3.15. The molecule has 0 bridgehead atoms. The van der Waals surface area contributed by atoms with Crippen molar-refractivity contribution in [1.82, 2.24) is 0 Å². The molecule has 2 aliphatic heterocycles. The molecule has 2 aliphatic rings. The van der Waals surface area contributed by atoms with Gasteiger partial charge in [0, 0.05) is 6.07 Å². The first-order chi connectivity index (χ1) is 20.2. The second-order valence-corrected chi connectivity index (χ2v) is 9.99. The van der Waals surface area contributed by atoms with Crippen molar-refractivity contribution in [3.63, 3.8) is 0 Å². The molecule has 0 saturated carbocycles. The highest BCUT2D eigenvalue weighted by Crippen LogP contribution is 2.31. The summed E-state index contributed by atoms with van der Waals surface area (Å²) in [5.41, 5.74) is 0.841. The van der Waals surface area contributed by atoms with E-state index in [4.69, 9.17) is 28.1 Å². The highest BCUT2D eigenvalue weighted by molar-refractivity contribution is 5.82. The predicted octanol–water partition coefficient (Wildman–Crippen LogP) is -1.53. The van der Waals surface area contributed by atoms with Gasteiger partial charge in [-0.15, -0.1) is 0 Å². The zero-order valence-electron chi connectivity index (χ0n) is 22.3. The summed E-state index contributed by atoms with van der Waals surface area (Å²) in [7, 11) is 1.54. The maximum Gasteiger partial charge on any atom is 0.229 e. The topological polar surface area (TPSA) is 218 Å². The van der Waals surface area contributed by atoms with Crippen molar-refractivity contribution >= 4 is 11.0 Å². The lowest BCUT2D eigenvalue weighted by atomic mass is 9.97. The molecule has 1 aromatic heterocycles. The number of rotatable bonds is 8. The molecule has 14 heteroatoms. The molecule has 5 rings (SSSR count). The fourth-order valence-electron chi connectivity index (χ4n) is 4.93. The summed E-state index contributed by atoms with van der Waals surface area (Å²) < 4.78 is 33.1. The van der Waals surface area contributed by atoms with E-state index >= 15 is 0 Å². The Morgan fingerprint density at radius 1 is 0.762 bits per heavy atom. The van der Waals surface area contributed by atoms with E-state index < -0.39 is 74.6 Å². The zero-order chi connectivity index (χ0) is 30.1. The van der Waals surface area contributed by atoms with Gasteiger partial charge in [-0.3, -0.25) is 4.79 Å². The first kappa shape index (κ1) is 30.3. The van der Waals surface area contributed by atoms with Gasteiger partial charge in [0.25, 0.3) is 0 Å². The van der Waals surface area contributed by atoms with Crippen LogP contribution in [0.25, 0.3) is 22.1 Å². The summed E-state index contributed by atoms with van der Waals surface area (Å²) in [6, 6.07) is 11.2. The van der Waals surface area contributed by atoms with Crippen LogP contribution >= 0.6 is 0 Å². The molecule has 14 nitrogen and oxygen atoms in total. The Morgan fingerprint density at radius 2 is 1.40 bits per heavy atom. The second kappa shape index (κ2) is 12.6. The molecule has 7 N–H and O–H groups in total. The number of aliphatic hydroxyl groups excluding tert-OH is 7. The number of hydrogen-bond donors (Lipinski definition) is 7. The third-order valence-electron chi connectivity index (χ3n) is 7.36. The van der Waals surface area contributed by atoms with Crippen molar-refractivity contribution in [2.24, 2.45) is 0 Å². The van der Waals surface area contributed by atoms with Crippen LogP contribution in [0.1, 0.15) is 0 Å². The van der Waals surface area contributed by atoms with Crippen LogP contribution < -0.4 is 14.9 Å². The standard InChI is InChI=1S/C28H32O14/c1-37-13-4-2-12(3-5-13)16-11-38-17-8-14(6-7-15(17)20(16)31)39-28-25(36)26(22(33)19(10-30)41-28)42-27-24(35)23(34)21(32)18(9-29)40-27/h2-8,11,18-19,21-30,32-36H,9-10H2,1H3/t18-,19-,21-,22-,23+,24-,25-,26+,27+,28-/m1/s1. The van der Waals surface area contributed by atoms with Gasteiger partial charge >= 0.3 is 0 Å². The molecule has 3 heterocycles. The number of methoxy groups -OCH3 is 1. The maximum absolute atomic E-state index is 13.2. The normalized spacial score (nSPS) is 33.4. The molecule has 0 amide bonds. The molecule has 0 radical (unpaired) electrons. The highest BCUT2D eigenvalue weighted by atomic mass is 16.7. The van der Waals surface area contributed by atoms with E-state index in [0.717, 1.165) is 0 Å². The van der Waals surface area contributed by atoms with Gasteiger partial charge in [-0.1, -0.05) is 12.1 Å². The lowest BCUT2D eigenvalue weighted by Gasteiger charge is -2.45. The lowest BCUT2D eigenvalue weighted by molar-refractivity contribution is -0.352. The molecule has 42 heavy (non-hydrogen) atoms. The van der Waals surface area contributed by atoms with Crippen molar-refractivity contribution in [3.8, 4) is 22.6 Å². The fraction of sp³-hybridized carbons (Fsp3) is 0.464. The molecule has 3 aromatic rings. The van der Waals surface area contributed by atoms with Crippen molar-refractivity contribution in [2.75, 3.05) is 20.3 Å². The van der Waals surface area contributed by atoms with Crippen LogP contribution in [0.5, 0.6) is 11.5 Å². The Kier molecular flexibility index (Phi) is 9.10. The van der Waals surface area contributed by atoms with Gasteiger partial charge in [-0.05, 0) is 29.8 Å². The summed E-state index contributed by atoms with van der Waals surface area (Å²) in [5, 5.41) is 71.5. The van der Waals surface area contributed by atoms with Gasteiger partial charge < -0.3 is 63.8 Å². The minimum atomic E-state index is -1.80. The zero-order valence-corrected chi connectivity index (χ0v) is 22.3. The molecule has 2 saturated heterocycles. The van der Waals surface area contributed by atoms with Crippen LogP contribution in [0.15, 0.2) is 57.9 Å². The summed E-state index contributed by atoms with van der Waals surface area (Å²) in [5.74, 6) is 0.737. The Morgan fingerprint density at radius 3 is 2.07 bits per heavy atom. The van der Waals surface area contributed by atoms with E-state index in [-0.39, 0.29) is 22.1 Å². The SMILES string of the molecule is COc1ccc(-c2coc3cc(O[C@@H]4O[C@H](CO)[C@@H](O)[C@H](O[C@@H]5O[C@H](CO)[C@@H](O)[C@H](O)[C@H]5O)[C@H]4O)ccc3c2=O)cc1. The number of hydrogen-bond acceptors (Lipinski definition) is 14. The third-order valence-corrected chi connectivity index (χ3v) is 7.36. The van der Waals surface area contributed by atoms with Gasteiger partial charge in [0.05, 0.1) is 31.3 Å². The molecular formula is C28H32O14. The summed E-state index contributed by atoms with van der Waals surface area (Å²) in [6.45, 7) is -1.42. The summed E-state index contributed by atoms with van der Waals surface area (Å²) in [6.07, 6.45) is -14.6. The van der Waals surface area contributed by atoms with Crippen LogP contribution in [0.2, 0.25) is 0 Å². The number of ether oxygens (including phenoxy) is 5. The van der Waals surface area contributed by atoms with E-state index in [0.29, 0.717) is 16.9 Å². The average Bonchev–Trinajstić information content (AvgIpc) is 3.00. The van der Waals surface area contributed by atoms with E-state index in [1.165, 1.54) is 31.6 Å². The largest absolute Gasteiger partial charge is 0.497 e. The summed E-state index contributed by atoms with van der Waals surface area (Å²) >= 11 is 0. The predicted molar refractivity (Wildman–Crippen MR) is 142 cm³/mol. The van der Waals surface area contributed by atoms with Gasteiger partial charge in [0.2, 0.25) is 6.29 Å². The van der Waals surface area contributed by atoms with Crippen LogP contribution in [-0.2, 0) is 14.2 Å². The van der Waals surface area contributed by atoms with E-state index in [1.807, 2.05) is 0 Å². The van der Waals surface area contributed by atoms with Crippen molar-refractivity contribution in [1.29, 1.82) is 0 Å². The molecule has 0 unspecified atom stereocenters. The smallest absolute Gasteiger partial charge is 0.229 e. The van der Waals surface area contributed by atoms with Gasteiger partial charge in [0.1, 0.15) is 72.2 Å². The Bertz CT molecular complexity index is 1410. The van der Waals surface area contributed by atoms with E-state index in [9.17, 15) is 40.5 Å². The third kappa shape index (κ3) is 5.74. The van der Waals surface area contributed by atoms with E-state index in [1.54, 1.807) is 24.3 Å². The Labute approximate surface area is 238 Å². The lowest BCUT2D eigenvalue weighted by Crippen LogP contribution is -2.65.